The molecule has 0 saturated heterocycles. The van der Waals surface area contributed by atoms with Crippen molar-refractivity contribution in [3.63, 3.8) is 0 Å². The van der Waals surface area contributed by atoms with Gasteiger partial charge in [-0.3, -0.25) is 4.79 Å². The number of nitrogens with zero attached hydrogens (tertiary/aromatic N) is 1. The molecule has 49 heavy (non-hydrogen) atoms. The number of benzene rings is 4. The summed E-state index contributed by atoms with van der Waals surface area (Å²) < 4.78 is 21.8. The van der Waals surface area contributed by atoms with E-state index < -0.39 is 36.6 Å². The lowest BCUT2D eigenvalue weighted by atomic mass is 9.87. The molecule has 0 bridgehead atoms. The van der Waals surface area contributed by atoms with E-state index in [2.05, 4.69) is 22.4 Å². The number of hydrogen-bond acceptors (Lipinski definition) is 8. The number of phenolic OH excluding ortho intramolecular Hbond substituents is 1. The lowest BCUT2D eigenvalue weighted by Gasteiger charge is -2.41. The molecule has 0 fully saturated rings. The van der Waals surface area contributed by atoms with Gasteiger partial charge in [0.05, 0.1) is 27.4 Å². The van der Waals surface area contributed by atoms with Crippen LogP contribution in [-0.2, 0) is 25.5 Å². The molecule has 2 heterocycles. The molecule has 2 aliphatic rings. The van der Waals surface area contributed by atoms with Crippen LogP contribution in [0.2, 0.25) is 0 Å². The van der Waals surface area contributed by atoms with E-state index in [0.717, 1.165) is 38.7 Å². The average Bonchev–Trinajstić information content (AvgIpc) is 3.67. The van der Waals surface area contributed by atoms with Gasteiger partial charge in [-0.2, -0.15) is 0 Å². The third-order valence-electron chi connectivity index (χ3n) is 9.44. The van der Waals surface area contributed by atoms with Crippen molar-refractivity contribution in [2.45, 2.75) is 24.4 Å². The number of phenols is 1. The summed E-state index contributed by atoms with van der Waals surface area (Å²) in [4.78, 5) is 45.6. The Morgan fingerprint density at radius 2 is 1.49 bits per heavy atom. The van der Waals surface area contributed by atoms with Crippen molar-refractivity contribution in [3.8, 4) is 28.4 Å². The number of H-pyrrole nitrogens is 1. The molecule has 250 valence electrons. The molecule has 7 rings (SSSR count). The number of carbonyl (C=O) groups excluding carboxylic acids is 3. The maximum absolute atomic E-state index is 14.2. The molecule has 1 aromatic heterocycles. The molecule has 1 aliphatic carbocycles. The van der Waals surface area contributed by atoms with Crippen molar-refractivity contribution < 1.29 is 38.4 Å². The zero-order valence-corrected chi connectivity index (χ0v) is 27.2. The smallest absolute Gasteiger partial charge is 0.407 e. The maximum atomic E-state index is 14.2. The second-order valence-electron chi connectivity index (χ2n) is 12.0. The van der Waals surface area contributed by atoms with Crippen molar-refractivity contribution in [1.82, 2.24) is 15.2 Å². The summed E-state index contributed by atoms with van der Waals surface area (Å²) in [5.41, 5.74) is 7.18. The summed E-state index contributed by atoms with van der Waals surface area (Å²) in [6, 6.07) is 25.0. The second kappa shape index (κ2) is 12.9. The highest BCUT2D eigenvalue weighted by Gasteiger charge is 2.44. The first-order valence-electron chi connectivity index (χ1n) is 15.9. The molecule has 3 N–H and O–H groups in total. The lowest BCUT2D eigenvalue weighted by Crippen LogP contribution is -2.54. The first-order valence-corrected chi connectivity index (χ1v) is 15.9. The Bertz CT molecular complexity index is 2020. The average molecular weight is 662 g/mol. The van der Waals surface area contributed by atoms with E-state index in [-0.39, 0.29) is 36.2 Å². The summed E-state index contributed by atoms with van der Waals surface area (Å²) in [6.07, 6.45) is -0.594. The number of methoxy groups -OCH3 is 3. The summed E-state index contributed by atoms with van der Waals surface area (Å²) in [5.74, 6) is -1.28. The second-order valence-corrected chi connectivity index (χ2v) is 12.0. The largest absolute Gasteiger partial charge is 0.502 e. The maximum Gasteiger partial charge on any atom is 0.407 e. The van der Waals surface area contributed by atoms with Gasteiger partial charge in [0, 0.05) is 28.9 Å². The minimum atomic E-state index is -1.04. The van der Waals surface area contributed by atoms with E-state index in [4.69, 9.17) is 18.9 Å². The number of esters is 1. The minimum absolute atomic E-state index is 0.0801. The predicted octanol–water partition coefficient (Wildman–Crippen LogP) is 5.45. The van der Waals surface area contributed by atoms with Gasteiger partial charge in [0.1, 0.15) is 19.2 Å². The van der Waals surface area contributed by atoms with Crippen LogP contribution in [0.25, 0.3) is 22.0 Å². The molecule has 0 radical (unpaired) electrons. The number of rotatable bonds is 8. The fraction of sp³-hybridized carbons (Fsp3) is 0.237. The van der Waals surface area contributed by atoms with Gasteiger partial charge in [-0.25, -0.2) is 9.59 Å². The van der Waals surface area contributed by atoms with Crippen LogP contribution >= 0.6 is 0 Å². The zero-order chi connectivity index (χ0) is 34.2. The molecule has 5 aromatic rings. The summed E-state index contributed by atoms with van der Waals surface area (Å²) in [7, 11) is 4.09. The van der Waals surface area contributed by atoms with Crippen LogP contribution in [0, 0.1) is 0 Å². The number of aromatic nitrogens is 1. The first-order chi connectivity index (χ1) is 23.8. The van der Waals surface area contributed by atoms with E-state index in [1.54, 1.807) is 12.1 Å². The quantitative estimate of drug-likeness (QED) is 0.187. The molecule has 0 unspecified atom stereocenters. The summed E-state index contributed by atoms with van der Waals surface area (Å²) >= 11 is 0. The highest BCUT2D eigenvalue weighted by molar-refractivity contribution is 5.92. The summed E-state index contributed by atoms with van der Waals surface area (Å²) in [6.45, 7) is -0.376. The van der Waals surface area contributed by atoms with Crippen molar-refractivity contribution in [1.29, 1.82) is 0 Å². The fourth-order valence-corrected chi connectivity index (χ4v) is 7.22. The van der Waals surface area contributed by atoms with Gasteiger partial charge in [-0.05, 0) is 51.6 Å². The van der Waals surface area contributed by atoms with Crippen LogP contribution in [0.5, 0.6) is 17.2 Å². The van der Waals surface area contributed by atoms with Crippen molar-refractivity contribution in [2.24, 2.45) is 0 Å². The van der Waals surface area contributed by atoms with Crippen LogP contribution in [0.15, 0.2) is 84.9 Å². The van der Waals surface area contributed by atoms with E-state index in [0.29, 0.717) is 11.3 Å². The van der Waals surface area contributed by atoms with E-state index in [1.807, 2.05) is 60.7 Å². The number of hydrogen-bond donors (Lipinski definition) is 3. The number of fused-ring (bicyclic) bond motifs is 6. The molecular weight excluding hydrogens is 626 g/mol. The minimum Gasteiger partial charge on any atom is -0.502 e. The van der Waals surface area contributed by atoms with Gasteiger partial charge >= 0.3 is 12.1 Å². The number of nitrogens with one attached hydrogen (secondary N) is 2. The normalized spacial score (nSPS) is 16.3. The lowest BCUT2D eigenvalue weighted by molar-refractivity contribution is -0.154. The van der Waals surface area contributed by atoms with Crippen LogP contribution in [-0.4, -0.2) is 73.5 Å². The van der Waals surface area contributed by atoms with E-state index >= 15 is 0 Å². The van der Waals surface area contributed by atoms with Gasteiger partial charge in [-0.15, -0.1) is 0 Å². The standard InChI is InChI=1S/C38H35N3O8/c1-46-31-16-21(17-32(47-2)36(31)43)35-34-27(26-14-8-9-15-29(26)40-34)18-30(37(44)48-3)41(35)33(42)19-39-38(45)49-20-28-24-12-6-4-10-22(24)23-11-5-7-13-25(23)28/h4-17,28,30,35,40,43H,18-20H2,1-3H3,(H,39,45)/t30-,35-/m0/s1. The topological polar surface area (TPSA) is 139 Å². The number of amides is 2. The van der Waals surface area contributed by atoms with Crippen LogP contribution in [0.1, 0.15) is 39.9 Å². The molecule has 11 heteroatoms. The molecule has 0 spiro atoms. The van der Waals surface area contributed by atoms with E-state index in [1.165, 1.54) is 26.2 Å². The fourth-order valence-electron chi connectivity index (χ4n) is 7.22. The molecule has 1 aliphatic heterocycles. The molecule has 4 aromatic carbocycles. The number of alkyl carbamates (subject to hydrolysis) is 1. The van der Waals surface area contributed by atoms with Gasteiger partial charge in [0.15, 0.2) is 11.5 Å². The summed E-state index contributed by atoms with van der Waals surface area (Å²) in [5, 5.41) is 14.2. The SMILES string of the molecule is COC(=O)[C@@H]1Cc2c([nH]c3ccccc23)[C@H](c2cc(OC)c(O)c(OC)c2)N1C(=O)CNC(=O)OCC1c2ccccc2-c2ccccc21. The number of carbonyl (C=O) groups is 3. The Labute approximate surface area is 282 Å². The van der Waals surface area contributed by atoms with E-state index in [9.17, 15) is 19.5 Å². The Morgan fingerprint density at radius 3 is 2.12 bits per heavy atom. The number of para-hydroxylation sites is 1. The first kappa shape index (κ1) is 31.6. The highest BCUT2D eigenvalue weighted by Crippen LogP contribution is 2.47. The third kappa shape index (κ3) is 5.46. The Hall–Kier alpha value is -5.97. The monoisotopic (exact) mass is 661 g/mol. The number of aromatic amines is 1. The van der Waals surface area contributed by atoms with Crippen LogP contribution in [0.4, 0.5) is 4.79 Å². The van der Waals surface area contributed by atoms with Gasteiger partial charge < -0.3 is 39.3 Å². The molecular formula is C38H35N3O8. The molecule has 11 nitrogen and oxygen atoms in total. The number of ether oxygens (including phenoxy) is 4. The number of aromatic hydroxyl groups is 1. The Kier molecular flexibility index (Phi) is 8.33. The predicted molar refractivity (Wildman–Crippen MR) is 181 cm³/mol. The van der Waals surface area contributed by atoms with Gasteiger partial charge in [-0.1, -0.05) is 66.7 Å². The Balaban J connectivity index is 1.19. The van der Waals surface area contributed by atoms with Crippen molar-refractivity contribution in [2.75, 3.05) is 34.5 Å². The molecule has 2 atom stereocenters. The van der Waals surface area contributed by atoms with Gasteiger partial charge in [0.2, 0.25) is 11.7 Å². The van der Waals surface area contributed by atoms with Gasteiger partial charge in [0.25, 0.3) is 0 Å². The Morgan fingerprint density at radius 1 is 0.878 bits per heavy atom. The van der Waals surface area contributed by atoms with Crippen molar-refractivity contribution >= 4 is 28.9 Å². The van der Waals surface area contributed by atoms with Crippen LogP contribution < -0.4 is 14.8 Å². The van der Waals surface area contributed by atoms with Crippen molar-refractivity contribution in [3.05, 3.63) is 113 Å². The molecule has 0 saturated carbocycles. The third-order valence-corrected chi connectivity index (χ3v) is 9.44. The zero-order valence-electron chi connectivity index (χ0n) is 27.2. The highest BCUT2D eigenvalue weighted by atomic mass is 16.5. The molecule has 2 amide bonds. The van der Waals surface area contributed by atoms with Crippen LogP contribution in [0.3, 0.4) is 0 Å².